The van der Waals surface area contributed by atoms with Crippen LogP contribution in [0.5, 0.6) is 0 Å². The summed E-state index contributed by atoms with van der Waals surface area (Å²) in [7, 11) is 0. The molecule has 6 rings (SSSR count). The first-order chi connectivity index (χ1) is 21.4. The molecule has 2 aliphatic heterocycles. The summed E-state index contributed by atoms with van der Waals surface area (Å²) in [5, 5.41) is 5.69. The maximum Gasteiger partial charge on any atom is 0.261 e. The van der Waals surface area contributed by atoms with Crippen LogP contribution >= 0.6 is 11.3 Å². The number of amides is 4. The van der Waals surface area contributed by atoms with E-state index in [0.717, 1.165) is 47.6 Å². The van der Waals surface area contributed by atoms with Gasteiger partial charge in [0.25, 0.3) is 17.7 Å². The van der Waals surface area contributed by atoms with E-state index in [0.29, 0.717) is 40.5 Å². The molecular weight excluding hydrogens is 576 g/mol. The number of carbonyl (C=O) groups is 4. The zero-order chi connectivity index (χ0) is 30.6. The lowest BCUT2D eigenvalue weighted by atomic mass is 10.1. The topological polar surface area (TPSA) is 138 Å². The SMILES string of the molecule is NC(=O)CCNC(=O)c1cc2c(s1)-c1ccccc1N(C(=O)c1ccc(NC(=O)c3cccnc3N3CCCC3)cc1)CC2. The highest BCUT2D eigenvalue weighted by Crippen LogP contribution is 2.41. The second-order valence-corrected chi connectivity index (χ2v) is 11.8. The monoisotopic (exact) mass is 608 g/mol. The van der Waals surface area contributed by atoms with Crippen molar-refractivity contribution in [3.8, 4) is 10.4 Å². The molecule has 1 saturated heterocycles. The Morgan fingerprint density at radius 3 is 2.45 bits per heavy atom. The van der Waals surface area contributed by atoms with Crippen molar-refractivity contribution in [2.24, 2.45) is 5.73 Å². The summed E-state index contributed by atoms with van der Waals surface area (Å²) >= 11 is 1.37. The number of pyridine rings is 1. The van der Waals surface area contributed by atoms with Crippen molar-refractivity contribution in [2.75, 3.05) is 41.3 Å². The summed E-state index contributed by atoms with van der Waals surface area (Å²) in [5.74, 6) is -0.427. The van der Waals surface area contributed by atoms with Crippen LogP contribution in [0.25, 0.3) is 10.4 Å². The van der Waals surface area contributed by atoms with Gasteiger partial charge in [0.1, 0.15) is 5.82 Å². The molecule has 4 heterocycles. The zero-order valence-corrected chi connectivity index (χ0v) is 24.9. The van der Waals surface area contributed by atoms with Gasteiger partial charge in [0, 0.05) is 60.5 Å². The molecule has 0 aliphatic carbocycles. The highest BCUT2D eigenvalue weighted by atomic mass is 32.1. The number of thiophene rings is 1. The molecule has 4 aromatic rings. The lowest BCUT2D eigenvalue weighted by Gasteiger charge is -2.23. The lowest BCUT2D eigenvalue weighted by Crippen LogP contribution is -2.32. The van der Waals surface area contributed by atoms with Crippen LogP contribution in [-0.4, -0.2) is 54.8 Å². The van der Waals surface area contributed by atoms with E-state index < -0.39 is 5.91 Å². The fourth-order valence-corrected chi connectivity index (χ4v) is 6.77. The van der Waals surface area contributed by atoms with Crippen molar-refractivity contribution >= 4 is 52.2 Å². The molecule has 2 aromatic heterocycles. The van der Waals surface area contributed by atoms with Gasteiger partial charge in [-0.1, -0.05) is 18.2 Å². The minimum absolute atomic E-state index is 0.0776. The maximum atomic E-state index is 13.8. The smallest absolute Gasteiger partial charge is 0.261 e. The van der Waals surface area contributed by atoms with Gasteiger partial charge >= 0.3 is 0 Å². The van der Waals surface area contributed by atoms with Crippen molar-refractivity contribution in [1.29, 1.82) is 0 Å². The highest BCUT2D eigenvalue weighted by Gasteiger charge is 2.28. The summed E-state index contributed by atoms with van der Waals surface area (Å²) in [5.41, 5.74) is 9.42. The molecular formula is C33H32N6O4S. The summed E-state index contributed by atoms with van der Waals surface area (Å²) in [6, 6.07) is 20.0. The summed E-state index contributed by atoms with van der Waals surface area (Å²) in [6.45, 7) is 2.38. The van der Waals surface area contributed by atoms with Gasteiger partial charge < -0.3 is 26.2 Å². The van der Waals surface area contributed by atoms with Crippen LogP contribution in [0.3, 0.4) is 0 Å². The van der Waals surface area contributed by atoms with E-state index in [4.69, 9.17) is 5.73 Å². The first kappa shape index (κ1) is 29.1. The molecule has 0 unspecified atom stereocenters. The fraction of sp³-hybridized carbons (Fsp3) is 0.242. The van der Waals surface area contributed by atoms with Crippen molar-refractivity contribution in [3.63, 3.8) is 0 Å². The number of anilines is 3. The number of nitrogens with one attached hydrogen (secondary N) is 2. The molecule has 44 heavy (non-hydrogen) atoms. The molecule has 2 aliphatic rings. The molecule has 11 heteroatoms. The van der Waals surface area contributed by atoms with Crippen molar-refractivity contribution in [1.82, 2.24) is 10.3 Å². The van der Waals surface area contributed by atoms with E-state index in [1.807, 2.05) is 30.3 Å². The van der Waals surface area contributed by atoms with Crippen LogP contribution in [0.1, 0.15) is 55.2 Å². The number of rotatable bonds is 8. The summed E-state index contributed by atoms with van der Waals surface area (Å²) < 4.78 is 0. The van der Waals surface area contributed by atoms with Crippen LogP contribution < -0.4 is 26.2 Å². The Morgan fingerprint density at radius 2 is 1.68 bits per heavy atom. The van der Waals surface area contributed by atoms with E-state index in [1.165, 1.54) is 11.3 Å². The Kier molecular flexibility index (Phi) is 8.38. The number of nitrogens with two attached hydrogens (primary N) is 1. The van der Waals surface area contributed by atoms with Crippen LogP contribution in [0, 0.1) is 0 Å². The third kappa shape index (κ3) is 6.04. The quantitative estimate of drug-likeness (QED) is 0.270. The van der Waals surface area contributed by atoms with Gasteiger partial charge in [-0.05, 0) is 73.4 Å². The van der Waals surface area contributed by atoms with Crippen LogP contribution in [0.4, 0.5) is 17.2 Å². The lowest BCUT2D eigenvalue weighted by molar-refractivity contribution is -0.117. The van der Waals surface area contributed by atoms with Gasteiger partial charge in [-0.25, -0.2) is 4.98 Å². The summed E-state index contributed by atoms with van der Waals surface area (Å²) in [6.07, 6.45) is 4.52. The molecule has 4 amide bonds. The number of hydrogen-bond acceptors (Lipinski definition) is 7. The Hall–Kier alpha value is -5.03. The van der Waals surface area contributed by atoms with Crippen molar-refractivity contribution in [2.45, 2.75) is 25.7 Å². The predicted molar refractivity (Wildman–Crippen MR) is 171 cm³/mol. The Balaban J connectivity index is 1.18. The van der Waals surface area contributed by atoms with Crippen molar-refractivity contribution < 1.29 is 19.2 Å². The predicted octanol–water partition coefficient (Wildman–Crippen LogP) is 4.47. The molecule has 4 N–H and O–H groups in total. The second-order valence-electron chi connectivity index (χ2n) is 10.8. The van der Waals surface area contributed by atoms with Gasteiger partial charge in [0.2, 0.25) is 5.91 Å². The minimum atomic E-state index is -0.471. The number of carbonyl (C=O) groups excluding carboxylic acids is 4. The Bertz CT molecular complexity index is 1730. The normalized spacial score (nSPS) is 13.9. The molecule has 0 atom stereocenters. The number of nitrogens with zero attached hydrogens (tertiary/aromatic N) is 3. The molecule has 1 fully saturated rings. The average Bonchev–Trinajstić information content (AvgIpc) is 3.70. The first-order valence-electron chi connectivity index (χ1n) is 14.6. The first-order valence-corrected chi connectivity index (χ1v) is 15.4. The van der Waals surface area contributed by atoms with E-state index in [2.05, 4.69) is 20.5 Å². The average molecular weight is 609 g/mol. The van der Waals surface area contributed by atoms with Gasteiger partial charge in [0.15, 0.2) is 0 Å². The molecule has 10 nitrogen and oxygen atoms in total. The maximum absolute atomic E-state index is 13.8. The number of primary amides is 1. The van der Waals surface area contributed by atoms with E-state index in [9.17, 15) is 19.2 Å². The number of aromatic nitrogens is 1. The highest BCUT2D eigenvalue weighted by molar-refractivity contribution is 7.17. The largest absolute Gasteiger partial charge is 0.370 e. The fourth-order valence-electron chi connectivity index (χ4n) is 5.61. The molecule has 0 spiro atoms. The molecule has 0 radical (unpaired) electrons. The van der Waals surface area contributed by atoms with Crippen LogP contribution in [0.2, 0.25) is 0 Å². The molecule has 0 bridgehead atoms. The number of benzene rings is 2. The van der Waals surface area contributed by atoms with Gasteiger partial charge in [0.05, 0.1) is 16.1 Å². The zero-order valence-electron chi connectivity index (χ0n) is 24.0. The molecule has 0 saturated carbocycles. The Morgan fingerprint density at radius 1 is 0.909 bits per heavy atom. The minimum Gasteiger partial charge on any atom is -0.370 e. The van der Waals surface area contributed by atoms with Crippen LogP contribution in [-0.2, 0) is 11.2 Å². The van der Waals surface area contributed by atoms with Gasteiger partial charge in [-0.15, -0.1) is 11.3 Å². The van der Waals surface area contributed by atoms with Gasteiger partial charge in [-0.2, -0.15) is 0 Å². The number of hydrogen-bond donors (Lipinski definition) is 3. The molecule has 2 aromatic carbocycles. The number of para-hydroxylation sites is 1. The van der Waals surface area contributed by atoms with Gasteiger partial charge in [-0.3, -0.25) is 19.2 Å². The van der Waals surface area contributed by atoms with E-state index >= 15 is 0 Å². The third-order valence-electron chi connectivity index (χ3n) is 7.81. The van der Waals surface area contributed by atoms with Crippen molar-refractivity contribution in [3.05, 3.63) is 94.5 Å². The Labute approximate surface area is 258 Å². The molecule has 224 valence electrons. The van der Waals surface area contributed by atoms with Crippen LogP contribution in [0.15, 0.2) is 72.9 Å². The standard InChI is InChI=1S/C33H32N6O4S/c34-28(40)13-16-36-32(42)27-20-22-14-19-39(26-8-2-1-6-24(26)29(22)44-27)33(43)21-9-11-23(12-10-21)37-31(41)25-7-5-15-35-30(25)38-17-3-4-18-38/h1-2,5-12,15,20H,3-4,13-14,16-19H2,(H2,34,40)(H,36,42)(H,37,41). The second kappa shape index (κ2) is 12.7. The van der Waals surface area contributed by atoms with E-state index in [1.54, 1.807) is 47.5 Å². The third-order valence-corrected chi connectivity index (χ3v) is 9.02. The number of fused-ring (bicyclic) bond motifs is 3. The van der Waals surface area contributed by atoms with E-state index in [-0.39, 0.29) is 30.7 Å². The summed E-state index contributed by atoms with van der Waals surface area (Å²) in [4.78, 5) is 60.6.